The van der Waals surface area contributed by atoms with E-state index in [0.717, 1.165) is 16.9 Å². The van der Waals surface area contributed by atoms with E-state index >= 15 is 0 Å². The van der Waals surface area contributed by atoms with Crippen LogP contribution in [0.3, 0.4) is 0 Å². The summed E-state index contributed by atoms with van der Waals surface area (Å²) in [6, 6.07) is 0. The minimum Gasteiger partial charge on any atom is -0.309 e. The number of nitrogens with one attached hydrogen (secondary N) is 1. The maximum absolute atomic E-state index is 11.6. The van der Waals surface area contributed by atoms with Gasteiger partial charge in [-0.1, -0.05) is 18.3 Å². The Morgan fingerprint density at radius 1 is 1.60 bits per heavy atom. The number of thiazole rings is 1. The Labute approximate surface area is 95.6 Å². The molecule has 2 aromatic heterocycles. The van der Waals surface area contributed by atoms with Crippen molar-refractivity contribution in [3.63, 3.8) is 0 Å². The topological polar surface area (TPSA) is 50.7 Å². The fourth-order valence-electron chi connectivity index (χ4n) is 1.48. The van der Waals surface area contributed by atoms with Crippen LogP contribution in [0.25, 0.3) is 10.3 Å². The highest BCUT2D eigenvalue weighted by molar-refractivity contribution is 7.73. The van der Waals surface area contributed by atoms with Crippen molar-refractivity contribution in [1.29, 1.82) is 0 Å². The van der Waals surface area contributed by atoms with Crippen LogP contribution in [0.1, 0.15) is 19.2 Å². The lowest BCUT2D eigenvalue weighted by atomic mass is 10.4. The second-order valence-corrected chi connectivity index (χ2v) is 4.97. The minimum absolute atomic E-state index is 0.0940. The van der Waals surface area contributed by atoms with Crippen molar-refractivity contribution in [2.45, 2.75) is 26.8 Å². The molecule has 0 atom stereocenters. The first-order chi connectivity index (χ1) is 7.13. The molecule has 0 aromatic carbocycles. The van der Waals surface area contributed by atoms with Crippen LogP contribution in [0, 0.1) is 10.9 Å². The lowest BCUT2D eigenvalue weighted by Crippen LogP contribution is -2.10. The van der Waals surface area contributed by atoms with Gasteiger partial charge in [0.1, 0.15) is 10.5 Å². The van der Waals surface area contributed by atoms with Crippen LogP contribution in [0.5, 0.6) is 0 Å². The van der Waals surface area contributed by atoms with Crippen molar-refractivity contribution in [3.05, 3.63) is 20.1 Å². The average Bonchev–Trinajstić information content (AvgIpc) is 2.46. The molecular weight excluding hydrogens is 230 g/mol. The molecule has 2 heterocycles. The second-order valence-electron chi connectivity index (χ2n) is 3.32. The molecule has 0 saturated heterocycles. The molecule has 6 heteroatoms. The summed E-state index contributed by atoms with van der Waals surface area (Å²) in [6.07, 6.45) is 0.980. The largest absolute Gasteiger partial charge is 0.309 e. The molecule has 0 aliphatic carbocycles. The highest BCUT2D eigenvalue weighted by atomic mass is 32.1. The van der Waals surface area contributed by atoms with Gasteiger partial charge in [-0.2, -0.15) is 0 Å². The first kappa shape index (κ1) is 10.5. The van der Waals surface area contributed by atoms with Crippen LogP contribution in [-0.4, -0.2) is 14.5 Å². The number of hydrogen-bond donors (Lipinski definition) is 1. The summed E-state index contributed by atoms with van der Waals surface area (Å²) < 4.78 is 3.27. The summed E-state index contributed by atoms with van der Waals surface area (Å²) in [4.78, 5) is 18.6. The molecule has 2 aromatic rings. The SMILES string of the molecule is CCCn1c(=S)sc2c(=O)[nH]c(C)nc21. The van der Waals surface area contributed by atoms with E-state index in [2.05, 4.69) is 16.9 Å². The molecule has 0 bridgehead atoms. The van der Waals surface area contributed by atoms with Crippen molar-refractivity contribution >= 4 is 33.9 Å². The first-order valence-corrected chi connectivity index (χ1v) is 5.96. The van der Waals surface area contributed by atoms with E-state index < -0.39 is 0 Å². The van der Waals surface area contributed by atoms with Crippen LogP contribution < -0.4 is 5.56 Å². The van der Waals surface area contributed by atoms with Crippen LogP contribution in [-0.2, 0) is 6.54 Å². The van der Waals surface area contributed by atoms with Gasteiger partial charge >= 0.3 is 0 Å². The Morgan fingerprint density at radius 2 is 2.33 bits per heavy atom. The van der Waals surface area contributed by atoms with Crippen molar-refractivity contribution in [2.24, 2.45) is 0 Å². The lowest BCUT2D eigenvalue weighted by Gasteiger charge is -2.00. The molecule has 0 aliphatic rings. The molecule has 15 heavy (non-hydrogen) atoms. The molecule has 4 nitrogen and oxygen atoms in total. The van der Waals surface area contributed by atoms with Crippen LogP contribution in [0.15, 0.2) is 4.79 Å². The average molecular weight is 241 g/mol. The van der Waals surface area contributed by atoms with Gasteiger partial charge in [0.2, 0.25) is 0 Å². The summed E-state index contributed by atoms with van der Waals surface area (Å²) in [5.74, 6) is 0.630. The Bertz CT molecular complexity index is 608. The zero-order valence-electron chi connectivity index (χ0n) is 8.53. The van der Waals surface area contributed by atoms with E-state index in [1.807, 2.05) is 4.57 Å². The zero-order chi connectivity index (χ0) is 11.0. The zero-order valence-corrected chi connectivity index (χ0v) is 10.2. The molecule has 0 radical (unpaired) electrons. The highest BCUT2D eigenvalue weighted by Gasteiger charge is 2.09. The maximum Gasteiger partial charge on any atom is 0.270 e. The van der Waals surface area contributed by atoms with Gasteiger partial charge in [0.05, 0.1) is 0 Å². The molecule has 0 fully saturated rings. The fraction of sp³-hybridized carbons (Fsp3) is 0.444. The minimum atomic E-state index is -0.0940. The predicted molar refractivity (Wildman–Crippen MR) is 64.1 cm³/mol. The van der Waals surface area contributed by atoms with Gasteiger partial charge in [0, 0.05) is 6.54 Å². The van der Waals surface area contributed by atoms with E-state index in [1.165, 1.54) is 11.3 Å². The Hall–Kier alpha value is -1.01. The summed E-state index contributed by atoms with van der Waals surface area (Å²) >= 11 is 6.54. The van der Waals surface area contributed by atoms with E-state index in [9.17, 15) is 4.79 Å². The summed E-state index contributed by atoms with van der Waals surface area (Å²) in [6.45, 7) is 4.66. The molecule has 0 spiro atoms. The van der Waals surface area contributed by atoms with Crippen LogP contribution in [0.2, 0.25) is 0 Å². The van der Waals surface area contributed by atoms with Crippen LogP contribution in [0.4, 0.5) is 0 Å². The van der Waals surface area contributed by atoms with Crippen molar-refractivity contribution < 1.29 is 0 Å². The number of fused-ring (bicyclic) bond motifs is 1. The standard InChI is InChI=1S/C9H11N3OS2/c1-3-4-12-7-6(15-9(12)14)8(13)11-5(2)10-7/h3-4H2,1-2H3,(H,10,11,13). The smallest absolute Gasteiger partial charge is 0.270 e. The number of rotatable bonds is 2. The number of aromatic amines is 1. The molecule has 0 saturated carbocycles. The van der Waals surface area contributed by atoms with Gasteiger partial charge in [-0.05, 0) is 25.6 Å². The van der Waals surface area contributed by atoms with E-state index in [-0.39, 0.29) is 5.56 Å². The van der Waals surface area contributed by atoms with Gasteiger partial charge in [0.15, 0.2) is 9.60 Å². The second kappa shape index (κ2) is 3.86. The first-order valence-electron chi connectivity index (χ1n) is 4.73. The molecule has 1 N–H and O–H groups in total. The molecular formula is C9H11N3OS2. The third-order valence-electron chi connectivity index (χ3n) is 2.09. The normalized spacial score (nSPS) is 11.1. The monoisotopic (exact) mass is 241 g/mol. The molecule has 0 unspecified atom stereocenters. The third-order valence-corrected chi connectivity index (χ3v) is 3.53. The third kappa shape index (κ3) is 1.74. The fourth-order valence-corrected chi connectivity index (χ4v) is 2.77. The van der Waals surface area contributed by atoms with Gasteiger partial charge in [0.25, 0.3) is 5.56 Å². The Balaban J connectivity index is 2.87. The lowest BCUT2D eigenvalue weighted by molar-refractivity contribution is 0.692. The molecule has 0 amide bonds. The Kier molecular flexibility index (Phi) is 2.70. The summed E-state index contributed by atoms with van der Waals surface area (Å²) in [5.41, 5.74) is 0.622. The van der Waals surface area contributed by atoms with Gasteiger partial charge in [-0.25, -0.2) is 4.98 Å². The van der Waals surface area contributed by atoms with E-state index in [1.54, 1.807) is 6.92 Å². The number of aryl methyl sites for hydroxylation is 2. The maximum atomic E-state index is 11.6. The molecule has 80 valence electrons. The van der Waals surface area contributed by atoms with E-state index in [0.29, 0.717) is 16.2 Å². The molecule has 2 rings (SSSR count). The van der Waals surface area contributed by atoms with Gasteiger partial charge < -0.3 is 9.55 Å². The summed E-state index contributed by atoms with van der Waals surface area (Å²) in [7, 11) is 0. The van der Waals surface area contributed by atoms with Gasteiger partial charge in [-0.3, -0.25) is 4.79 Å². The quantitative estimate of drug-likeness (QED) is 0.820. The predicted octanol–water partition coefficient (Wildman–Crippen LogP) is 2.23. The van der Waals surface area contributed by atoms with Gasteiger partial charge in [-0.15, -0.1) is 0 Å². The van der Waals surface area contributed by atoms with Crippen molar-refractivity contribution in [1.82, 2.24) is 14.5 Å². The van der Waals surface area contributed by atoms with E-state index in [4.69, 9.17) is 12.2 Å². The number of nitrogens with zero attached hydrogens (tertiary/aromatic N) is 2. The van der Waals surface area contributed by atoms with Crippen molar-refractivity contribution in [2.75, 3.05) is 0 Å². The number of aromatic nitrogens is 3. The molecule has 0 aliphatic heterocycles. The summed E-state index contributed by atoms with van der Waals surface area (Å²) in [5, 5.41) is 0. The van der Waals surface area contributed by atoms with Crippen LogP contribution >= 0.6 is 23.6 Å². The Morgan fingerprint density at radius 3 is 3.00 bits per heavy atom. The number of H-pyrrole nitrogens is 1. The highest BCUT2D eigenvalue weighted by Crippen LogP contribution is 2.17. The number of hydrogen-bond acceptors (Lipinski definition) is 4. The van der Waals surface area contributed by atoms with Crippen molar-refractivity contribution in [3.8, 4) is 0 Å².